The first-order chi connectivity index (χ1) is 7.89. The van der Waals surface area contributed by atoms with Gasteiger partial charge in [-0.25, -0.2) is 0 Å². The summed E-state index contributed by atoms with van der Waals surface area (Å²) in [6.07, 6.45) is -0.222. The maximum atomic E-state index is 11.8. The van der Waals surface area contributed by atoms with E-state index in [9.17, 15) is 9.59 Å². The van der Waals surface area contributed by atoms with Gasteiger partial charge in [-0.3, -0.25) is 9.59 Å². The van der Waals surface area contributed by atoms with Crippen LogP contribution >= 0.6 is 15.9 Å². The number of aliphatic carboxylic acids is 1. The third-order valence-corrected chi connectivity index (χ3v) is 3.11. The summed E-state index contributed by atoms with van der Waals surface area (Å²) >= 11 is 3.25. The second kappa shape index (κ2) is 5.42. The first-order valence-corrected chi connectivity index (χ1v) is 5.81. The standard InChI is InChI=1S/C12H13BrO4/c1-12(7-14,11(16)17)6-10(15)8-2-4-9(13)5-3-8/h2-5,14H,6-7H2,1H3,(H,16,17). The van der Waals surface area contributed by atoms with Crippen LogP contribution in [0.5, 0.6) is 0 Å². The summed E-state index contributed by atoms with van der Waals surface area (Å²) in [5.74, 6) is -1.47. The van der Waals surface area contributed by atoms with Crippen LogP contribution in [-0.4, -0.2) is 28.6 Å². The Morgan fingerprint density at radius 3 is 2.24 bits per heavy atom. The predicted molar refractivity (Wildman–Crippen MR) is 65.9 cm³/mol. The highest BCUT2D eigenvalue weighted by molar-refractivity contribution is 9.10. The molecule has 0 aliphatic rings. The summed E-state index contributed by atoms with van der Waals surface area (Å²) in [6.45, 7) is 0.788. The molecule has 5 heteroatoms. The van der Waals surface area contributed by atoms with Crippen molar-refractivity contribution in [1.82, 2.24) is 0 Å². The van der Waals surface area contributed by atoms with Crippen molar-refractivity contribution in [1.29, 1.82) is 0 Å². The lowest BCUT2D eigenvalue weighted by molar-refractivity contribution is -0.150. The van der Waals surface area contributed by atoms with E-state index in [2.05, 4.69) is 15.9 Å². The van der Waals surface area contributed by atoms with Gasteiger partial charge in [0.1, 0.15) is 0 Å². The van der Waals surface area contributed by atoms with Gasteiger partial charge in [0, 0.05) is 16.5 Å². The maximum absolute atomic E-state index is 11.8. The molecular formula is C12H13BrO4. The van der Waals surface area contributed by atoms with Gasteiger partial charge in [-0.05, 0) is 19.1 Å². The summed E-state index contributed by atoms with van der Waals surface area (Å²) in [5, 5.41) is 18.0. The third-order valence-electron chi connectivity index (χ3n) is 2.58. The number of hydrogen-bond donors (Lipinski definition) is 2. The van der Waals surface area contributed by atoms with Crippen molar-refractivity contribution >= 4 is 27.7 Å². The van der Waals surface area contributed by atoms with Gasteiger partial charge in [0.25, 0.3) is 0 Å². The van der Waals surface area contributed by atoms with Crippen molar-refractivity contribution < 1.29 is 19.8 Å². The highest BCUT2D eigenvalue weighted by atomic mass is 79.9. The molecule has 1 atom stereocenters. The maximum Gasteiger partial charge on any atom is 0.312 e. The highest BCUT2D eigenvalue weighted by Crippen LogP contribution is 2.24. The molecule has 2 N–H and O–H groups in total. The van der Waals surface area contributed by atoms with Gasteiger partial charge in [0.2, 0.25) is 0 Å². The Morgan fingerprint density at radius 2 is 1.82 bits per heavy atom. The Morgan fingerprint density at radius 1 is 1.29 bits per heavy atom. The molecule has 0 fully saturated rings. The fourth-order valence-corrected chi connectivity index (χ4v) is 1.56. The van der Waals surface area contributed by atoms with Crippen LogP contribution in [-0.2, 0) is 4.79 Å². The van der Waals surface area contributed by atoms with E-state index in [1.165, 1.54) is 6.92 Å². The molecule has 1 aromatic carbocycles. The minimum absolute atomic E-state index is 0.222. The van der Waals surface area contributed by atoms with Crippen LogP contribution in [0.15, 0.2) is 28.7 Å². The Labute approximate surface area is 107 Å². The Balaban J connectivity index is 2.85. The summed E-state index contributed by atoms with van der Waals surface area (Å²) in [7, 11) is 0. The molecule has 1 aromatic rings. The van der Waals surface area contributed by atoms with Crippen LogP contribution in [0.3, 0.4) is 0 Å². The van der Waals surface area contributed by atoms with E-state index in [4.69, 9.17) is 10.2 Å². The Bertz CT molecular complexity index is 427. The van der Waals surface area contributed by atoms with E-state index >= 15 is 0 Å². The zero-order chi connectivity index (χ0) is 13.1. The normalized spacial score (nSPS) is 14.1. The van der Waals surface area contributed by atoms with Crippen molar-refractivity contribution in [2.75, 3.05) is 6.61 Å². The summed E-state index contributed by atoms with van der Waals surface area (Å²) in [4.78, 5) is 22.8. The molecule has 4 nitrogen and oxygen atoms in total. The second-order valence-electron chi connectivity index (χ2n) is 4.13. The van der Waals surface area contributed by atoms with Gasteiger partial charge in [-0.15, -0.1) is 0 Å². The number of Topliss-reactive ketones (excluding diaryl/α,β-unsaturated/α-hetero) is 1. The fourth-order valence-electron chi connectivity index (χ4n) is 1.29. The number of carbonyl (C=O) groups is 2. The summed E-state index contributed by atoms with van der Waals surface area (Å²) in [5.41, 5.74) is -0.987. The van der Waals surface area contributed by atoms with Crippen molar-refractivity contribution in [2.45, 2.75) is 13.3 Å². The van der Waals surface area contributed by atoms with E-state index < -0.39 is 18.0 Å². The predicted octanol–water partition coefficient (Wildman–Crippen LogP) is 2.11. The molecule has 0 spiro atoms. The summed E-state index contributed by atoms with van der Waals surface area (Å²) < 4.78 is 0.845. The smallest absolute Gasteiger partial charge is 0.312 e. The van der Waals surface area contributed by atoms with Crippen molar-refractivity contribution in [3.05, 3.63) is 34.3 Å². The molecule has 0 amide bonds. The lowest BCUT2D eigenvalue weighted by Gasteiger charge is -2.20. The largest absolute Gasteiger partial charge is 0.481 e. The number of aliphatic hydroxyl groups excluding tert-OH is 1. The average Bonchev–Trinajstić information content (AvgIpc) is 2.29. The highest BCUT2D eigenvalue weighted by Gasteiger charge is 2.35. The topological polar surface area (TPSA) is 74.6 Å². The Hall–Kier alpha value is -1.20. The van der Waals surface area contributed by atoms with Crippen LogP contribution < -0.4 is 0 Å². The molecular weight excluding hydrogens is 288 g/mol. The molecule has 1 rings (SSSR count). The average molecular weight is 301 g/mol. The minimum atomic E-state index is -1.43. The van der Waals surface area contributed by atoms with E-state index in [1.54, 1.807) is 24.3 Å². The molecule has 17 heavy (non-hydrogen) atoms. The number of carbonyl (C=O) groups excluding carboxylic acids is 1. The third kappa shape index (κ3) is 3.38. The zero-order valence-corrected chi connectivity index (χ0v) is 10.9. The lowest BCUT2D eigenvalue weighted by Crippen LogP contribution is -2.34. The van der Waals surface area contributed by atoms with Crippen LogP contribution in [0.4, 0.5) is 0 Å². The van der Waals surface area contributed by atoms with Crippen molar-refractivity contribution in [3.63, 3.8) is 0 Å². The van der Waals surface area contributed by atoms with Gasteiger partial charge in [0.05, 0.1) is 12.0 Å². The second-order valence-corrected chi connectivity index (χ2v) is 5.05. The molecule has 1 unspecified atom stereocenters. The van der Waals surface area contributed by atoms with E-state index in [1.807, 2.05) is 0 Å². The summed E-state index contributed by atoms with van der Waals surface area (Å²) in [6, 6.07) is 6.66. The Kier molecular flexibility index (Phi) is 4.42. The van der Waals surface area contributed by atoms with Gasteiger partial charge >= 0.3 is 5.97 Å². The molecule has 0 saturated heterocycles. The van der Waals surface area contributed by atoms with Crippen molar-refractivity contribution in [3.8, 4) is 0 Å². The number of rotatable bonds is 5. The van der Waals surface area contributed by atoms with Crippen LogP contribution in [0.2, 0.25) is 0 Å². The monoisotopic (exact) mass is 300 g/mol. The molecule has 0 aliphatic carbocycles. The van der Waals surface area contributed by atoms with Gasteiger partial charge in [0.15, 0.2) is 5.78 Å². The molecule has 0 aromatic heterocycles. The fraction of sp³-hybridized carbons (Fsp3) is 0.333. The SMILES string of the molecule is CC(CO)(CC(=O)c1ccc(Br)cc1)C(=O)O. The first-order valence-electron chi connectivity index (χ1n) is 5.02. The van der Waals surface area contributed by atoms with E-state index in [-0.39, 0.29) is 12.2 Å². The molecule has 0 aliphatic heterocycles. The van der Waals surface area contributed by atoms with Crippen LogP contribution in [0, 0.1) is 5.41 Å². The number of ketones is 1. The molecule has 0 heterocycles. The number of carboxylic acids is 1. The quantitative estimate of drug-likeness (QED) is 0.817. The lowest BCUT2D eigenvalue weighted by atomic mass is 9.84. The van der Waals surface area contributed by atoms with Crippen LogP contribution in [0.1, 0.15) is 23.7 Å². The van der Waals surface area contributed by atoms with Crippen LogP contribution in [0.25, 0.3) is 0 Å². The van der Waals surface area contributed by atoms with Crippen molar-refractivity contribution in [2.24, 2.45) is 5.41 Å². The molecule has 0 radical (unpaired) electrons. The number of halogens is 1. The molecule has 0 saturated carbocycles. The number of benzene rings is 1. The number of carboxylic acid groups (broad SMARTS) is 1. The van der Waals surface area contributed by atoms with Gasteiger partial charge < -0.3 is 10.2 Å². The van der Waals surface area contributed by atoms with E-state index in [0.717, 1.165) is 4.47 Å². The number of aliphatic hydroxyl groups is 1. The number of hydrogen-bond acceptors (Lipinski definition) is 3. The van der Waals surface area contributed by atoms with E-state index in [0.29, 0.717) is 5.56 Å². The minimum Gasteiger partial charge on any atom is -0.481 e. The first kappa shape index (κ1) is 13.9. The van der Waals surface area contributed by atoms with Gasteiger partial charge in [-0.1, -0.05) is 28.1 Å². The zero-order valence-electron chi connectivity index (χ0n) is 9.31. The van der Waals surface area contributed by atoms with Gasteiger partial charge in [-0.2, -0.15) is 0 Å². The molecule has 92 valence electrons. The molecule has 0 bridgehead atoms.